The second-order valence-corrected chi connectivity index (χ2v) is 6.25. The van der Waals surface area contributed by atoms with E-state index in [-0.39, 0.29) is 15.8 Å². The van der Waals surface area contributed by atoms with Crippen molar-refractivity contribution in [3.63, 3.8) is 0 Å². The number of hydrogen-bond donors (Lipinski definition) is 2. The van der Waals surface area contributed by atoms with Crippen LogP contribution in [0.3, 0.4) is 0 Å². The number of carbonyl (C=O) groups excluding carboxylic acids is 1. The summed E-state index contributed by atoms with van der Waals surface area (Å²) in [6.07, 6.45) is -4.49. The Balaban J connectivity index is 2.08. The molecule has 0 bridgehead atoms. The van der Waals surface area contributed by atoms with Crippen LogP contribution < -0.4 is 10.6 Å². The summed E-state index contributed by atoms with van der Waals surface area (Å²) in [5.41, 5.74) is -0.358. The fourth-order valence-electron chi connectivity index (χ4n) is 1.76. The molecule has 24 heavy (non-hydrogen) atoms. The van der Waals surface area contributed by atoms with Crippen LogP contribution in [0.5, 0.6) is 0 Å². The van der Waals surface area contributed by atoms with Crippen LogP contribution in [-0.4, -0.2) is 11.0 Å². The lowest BCUT2D eigenvalue weighted by Gasteiger charge is -2.13. The molecule has 0 fully saturated rings. The van der Waals surface area contributed by atoms with E-state index in [0.29, 0.717) is 10.0 Å². The molecule has 1 amide bonds. The summed E-state index contributed by atoms with van der Waals surface area (Å²) in [5, 5.41) is 4.77. The highest BCUT2D eigenvalue weighted by Gasteiger charge is 2.30. The Hall–Kier alpha value is -1.64. The number of benzene rings is 2. The van der Waals surface area contributed by atoms with Gasteiger partial charge < -0.3 is 5.32 Å². The Morgan fingerprint density at radius 2 is 1.83 bits per heavy atom. The molecule has 0 saturated heterocycles. The van der Waals surface area contributed by atoms with Crippen LogP contribution in [-0.2, 0) is 6.18 Å². The Kier molecular flexibility index (Phi) is 5.84. The minimum Gasteiger partial charge on any atom is -0.331 e. The molecule has 126 valence electrons. The third kappa shape index (κ3) is 4.68. The van der Waals surface area contributed by atoms with Gasteiger partial charge in [0, 0.05) is 4.47 Å². The molecular formula is C15H9BrClF3N2OS. The first-order valence-corrected chi connectivity index (χ1v) is 8.00. The van der Waals surface area contributed by atoms with Crippen molar-refractivity contribution in [3.8, 4) is 0 Å². The van der Waals surface area contributed by atoms with Gasteiger partial charge in [-0.15, -0.1) is 0 Å². The molecule has 0 aliphatic carbocycles. The number of thiocarbonyl (C=S) groups is 1. The fourth-order valence-corrected chi connectivity index (χ4v) is 2.66. The predicted molar refractivity (Wildman–Crippen MR) is 94.3 cm³/mol. The molecule has 9 heteroatoms. The Bertz CT molecular complexity index is 799. The fraction of sp³-hybridized carbons (Fsp3) is 0.0667. The van der Waals surface area contributed by atoms with Gasteiger partial charge >= 0.3 is 6.18 Å². The number of nitrogens with one attached hydrogen (secondary N) is 2. The molecule has 0 unspecified atom stereocenters. The number of amides is 1. The van der Waals surface area contributed by atoms with Crippen LogP contribution in [0.1, 0.15) is 15.9 Å². The second kappa shape index (κ2) is 7.50. The zero-order valence-corrected chi connectivity index (χ0v) is 14.9. The minimum atomic E-state index is -4.49. The molecule has 2 aromatic carbocycles. The lowest BCUT2D eigenvalue weighted by atomic mass is 10.2. The maximum Gasteiger partial charge on any atom is 0.416 e. The number of carbonyl (C=O) groups is 1. The van der Waals surface area contributed by atoms with E-state index in [1.165, 1.54) is 0 Å². The van der Waals surface area contributed by atoms with Crippen molar-refractivity contribution < 1.29 is 18.0 Å². The average molecular weight is 438 g/mol. The van der Waals surface area contributed by atoms with Crippen LogP contribution >= 0.6 is 39.7 Å². The van der Waals surface area contributed by atoms with Gasteiger partial charge in [0.1, 0.15) is 0 Å². The number of anilines is 1. The topological polar surface area (TPSA) is 41.1 Å². The molecule has 0 aliphatic heterocycles. The summed E-state index contributed by atoms with van der Waals surface area (Å²) in [5.74, 6) is -0.469. The summed E-state index contributed by atoms with van der Waals surface area (Å²) < 4.78 is 38.4. The van der Waals surface area contributed by atoms with Gasteiger partial charge in [-0.2, -0.15) is 13.2 Å². The van der Waals surface area contributed by atoms with Crippen LogP contribution in [0, 0.1) is 0 Å². The van der Waals surface area contributed by atoms with Crippen LogP contribution in [0.2, 0.25) is 5.02 Å². The highest BCUT2D eigenvalue weighted by atomic mass is 79.9. The monoisotopic (exact) mass is 436 g/mol. The van der Waals surface area contributed by atoms with E-state index in [1.807, 2.05) is 0 Å². The summed E-state index contributed by atoms with van der Waals surface area (Å²) in [7, 11) is 0. The molecule has 2 N–H and O–H groups in total. The summed E-state index contributed by atoms with van der Waals surface area (Å²) >= 11 is 14.0. The Morgan fingerprint density at radius 3 is 2.42 bits per heavy atom. The second-order valence-electron chi connectivity index (χ2n) is 4.58. The van der Waals surface area contributed by atoms with Crippen LogP contribution in [0.15, 0.2) is 46.9 Å². The van der Waals surface area contributed by atoms with Crippen molar-refractivity contribution in [2.45, 2.75) is 6.18 Å². The summed E-state index contributed by atoms with van der Waals surface area (Å²) in [4.78, 5) is 12.1. The molecule has 2 aromatic rings. The van der Waals surface area contributed by atoms with Crippen molar-refractivity contribution in [3.05, 3.63) is 63.1 Å². The van der Waals surface area contributed by atoms with E-state index in [9.17, 15) is 18.0 Å². The van der Waals surface area contributed by atoms with Gasteiger partial charge in [0.15, 0.2) is 5.11 Å². The zero-order chi connectivity index (χ0) is 17.9. The van der Waals surface area contributed by atoms with E-state index in [4.69, 9.17) is 23.8 Å². The summed E-state index contributed by atoms with van der Waals surface area (Å²) in [6.45, 7) is 0. The van der Waals surface area contributed by atoms with E-state index in [0.717, 1.165) is 18.2 Å². The largest absolute Gasteiger partial charge is 0.416 e. The van der Waals surface area contributed by atoms with E-state index in [1.54, 1.807) is 24.3 Å². The first-order chi connectivity index (χ1) is 11.2. The van der Waals surface area contributed by atoms with Crippen molar-refractivity contribution in [2.75, 3.05) is 5.32 Å². The highest BCUT2D eigenvalue weighted by Crippen LogP contribution is 2.33. The van der Waals surface area contributed by atoms with Crippen molar-refractivity contribution in [1.82, 2.24) is 5.32 Å². The van der Waals surface area contributed by atoms with E-state index >= 15 is 0 Å². The molecule has 0 heterocycles. The maximum absolute atomic E-state index is 12.6. The number of halogens is 5. The molecule has 3 nitrogen and oxygen atoms in total. The number of rotatable bonds is 2. The molecule has 0 atom stereocenters. The molecule has 0 saturated carbocycles. The van der Waals surface area contributed by atoms with Gasteiger partial charge in [-0.3, -0.25) is 10.1 Å². The van der Waals surface area contributed by atoms with Gasteiger partial charge in [-0.05, 0) is 58.5 Å². The summed E-state index contributed by atoms with van der Waals surface area (Å²) in [6, 6.07) is 9.50. The maximum atomic E-state index is 12.6. The minimum absolute atomic E-state index is 0.0857. The lowest BCUT2D eigenvalue weighted by Crippen LogP contribution is -2.34. The normalized spacial score (nSPS) is 11.0. The van der Waals surface area contributed by atoms with Gasteiger partial charge in [0.25, 0.3) is 5.91 Å². The molecule has 0 spiro atoms. The number of hydrogen-bond acceptors (Lipinski definition) is 2. The Labute approximate surface area is 154 Å². The average Bonchev–Trinajstić information content (AvgIpc) is 2.48. The van der Waals surface area contributed by atoms with Gasteiger partial charge in [-0.1, -0.05) is 23.7 Å². The van der Waals surface area contributed by atoms with Crippen LogP contribution in [0.25, 0.3) is 0 Å². The molecule has 0 radical (unpaired) electrons. The first kappa shape index (κ1) is 18.7. The smallest absolute Gasteiger partial charge is 0.331 e. The van der Waals surface area contributed by atoms with E-state index < -0.39 is 17.6 Å². The van der Waals surface area contributed by atoms with Crippen molar-refractivity contribution in [2.24, 2.45) is 0 Å². The lowest BCUT2D eigenvalue weighted by molar-refractivity contribution is -0.137. The Morgan fingerprint density at radius 1 is 1.17 bits per heavy atom. The van der Waals surface area contributed by atoms with Crippen molar-refractivity contribution in [1.29, 1.82) is 0 Å². The first-order valence-electron chi connectivity index (χ1n) is 6.42. The van der Waals surface area contributed by atoms with Gasteiger partial charge in [0.05, 0.1) is 21.8 Å². The predicted octanol–water partition coefficient (Wildman–Crippen LogP) is 5.25. The highest BCUT2D eigenvalue weighted by molar-refractivity contribution is 9.10. The molecule has 0 aliphatic rings. The van der Waals surface area contributed by atoms with Gasteiger partial charge in [0.2, 0.25) is 0 Å². The van der Waals surface area contributed by atoms with Gasteiger partial charge in [-0.25, -0.2) is 0 Å². The molecule has 2 rings (SSSR count). The van der Waals surface area contributed by atoms with Crippen LogP contribution in [0.4, 0.5) is 18.9 Å². The van der Waals surface area contributed by atoms with Crippen molar-refractivity contribution >= 4 is 56.5 Å². The standard InChI is InChI=1S/C15H9BrClF3N2OS/c16-10-4-2-1-3-9(10)13(23)22-14(24)21-12-6-5-8(7-11(12)17)15(18,19)20/h1-7H,(H2,21,22,23,24). The zero-order valence-electron chi connectivity index (χ0n) is 11.7. The molecule has 0 aromatic heterocycles. The van der Waals surface area contributed by atoms with E-state index in [2.05, 4.69) is 26.6 Å². The third-order valence-corrected chi connectivity index (χ3v) is 4.10. The SMILES string of the molecule is O=C(NC(=S)Nc1ccc(C(F)(F)F)cc1Cl)c1ccccc1Br. The number of alkyl halides is 3. The molecular weight excluding hydrogens is 429 g/mol. The quantitative estimate of drug-likeness (QED) is 0.631. The third-order valence-electron chi connectivity index (χ3n) is 2.89.